The predicted octanol–water partition coefficient (Wildman–Crippen LogP) is 3.41. The topological polar surface area (TPSA) is 75.7 Å². The number of hydrogen-bond donors (Lipinski definition) is 1. The van der Waals surface area contributed by atoms with Crippen LogP contribution in [0.5, 0.6) is 0 Å². The molecule has 2 rings (SSSR count). The summed E-state index contributed by atoms with van der Waals surface area (Å²) in [5, 5.41) is 14.6. The molecular formula is C16H21ClIN5O2. The lowest BCUT2D eigenvalue weighted by atomic mass is 10.2. The van der Waals surface area contributed by atoms with Crippen molar-refractivity contribution in [3.63, 3.8) is 0 Å². The standard InChI is InChI=1S/C16H20ClN5O2.HI/c1-18-16(21(3)11-15-8-13(17)10-20(15)2)19-9-12-4-6-14(7-5-12)22(23)24;/h4-8,10H,9,11H2,1-3H3,(H,18,19);1H. The molecule has 1 aromatic heterocycles. The molecule has 1 aromatic carbocycles. The van der Waals surface area contributed by atoms with Gasteiger partial charge in [0, 0.05) is 51.7 Å². The van der Waals surface area contributed by atoms with Gasteiger partial charge in [-0.3, -0.25) is 15.1 Å². The van der Waals surface area contributed by atoms with Gasteiger partial charge in [-0.15, -0.1) is 24.0 Å². The fraction of sp³-hybridized carbons (Fsp3) is 0.312. The summed E-state index contributed by atoms with van der Waals surface area (Å²) in [6.45, 7) is 1.19. The fourth-order valence-corrected chi connectivity index (χ4v) is 2.61. The second-order valence-electron chi connectivity index (χ2n) is 5.44. The number of guanidine groups is 1. The Kier molecular flexibility index (Phi) is 8.17. The summed E-state index contributed by atoms with van der Waals surface area (Å²) >= 11 is 6.01. The van der Waals surface area contributed by atoms with Crippen LogP contribution in [0.25, 0.3) is 0 Å². The van der Waals surface area contributed by atoms with E-state index in [4.69, 9.17) is 11.6 Å². The first-order valence-corrected chi connectivity index (χ1v) is 7.74. The molecule has 0 spiro atoms. The zero-order valence-corrected chi connectivity index (χ0v) is 17.4. The molecule has 0 saturated heterocycles. The van der Waals surface area contributed by atoms with Crippen molar-refractivity contribution in [2.75, 3.05) is 14.1 Å². The Morgan fingerprint density at radius 3 is 2.52 bits per heavy atom. The van der Waals surface area contributed by atoms with Crippen LogP contribution in [0.2, 0.25) is 5.02 Å². The molecule has 0 unspecified atom stereocenters. The highest BCUT2D eigenvalue weighted by Gasteiger charge is 2.10. The second kappa shape index (κ2) is 9.62. The van der Waals surface area contributed by atoms with Crippen molar-refractivity contribution in [1.82, 2.24) is 14.8 Å². The molecule has 2 aromatic rings. The van der Waals surface area contributed by atoms with E-state index in [9.17, 15) is 10.1 Å². The maximum Gasteiger partial charge on any atom is 0.269 e. The van der Waals surface area contributed by atoms with Crippen LogP contribution < -0.4 is 5.32 Å². The lowest BCUT2D eigenvalue weighted by molar-refractivity contribution is -0.384. The van der Waals surface area contributed by atoms with Crippen molar-refractivity contribution in [3.05, 3.63) is 62.9 Å². The minimum absolute atomic E-state index is 0. The Bertz CT molecular complexity index is 745. The van der Waals surface area contributed by atoms with Crippen LogP contribution in [0.1, 0.15) is 11.3 Å². The van der Waals surface area contributed by atoms with Gasteiger partial charge in [0.1, 0.15) is 0 Å². The van der Waals surface area contributed by atoms with Crippen molar-refractivity contribution >= 4 is 47.2 Å². The summed E-state index contributed by atoms with van der Waals surface area (Å²) < 4.78 is 1.97. The normalized spacial score (nSPS) is 11.0. The van der Waals surface area contributed by atoms with Gasteiger partial charge in [-0.2, -0.15) is 0 Å². The average molecular weight is 478 g/mol. The maximum absolute atomic E-state index is 10.7. The number of nitro benzene ring substituents is 1. The summed E-state index contributed by atoms with van der Waals surface area (Å²) in [6.07, 6.45) is 1.86. The molecule has 1 heterocycles. The smallest absolute Gasteiger partial charge is 0.269 e. The number of aliphatic imine (C=N–C) groups is 1. The average Bonchev–Trinajstić information content (AvgIpc) is 2.85. The molecule has 0 radical (unpaired) electrons. The number of halogens is 2. The van der Waals surface area contributed by atoms with Crippen LogP contribution in [-0.2, 0) is 20.1 Å². The first kappa shape index (κ1) is 21.2. The van der Waals surface area contributed by atoms with Gasteiger partial charge in [-0.1, -0.05) is 23.7 Å². The van der Waals surface area contributed by atoms with Crippen LogP contribution in [0.15, 0.2) is 41.5 Å². The molecule has 0 aliphatic carbocycles. The highest BCUT2D eigenvalue weighted by Crippen LogP contribution is 2.14. The van der Waals surface area contributed by atoms with E-state index in [1.54, 1.807) is 19.2 Å². The molecule has 9 heteroatoms. The van der Waals surface area contributed by atoms with Crippen molar-refractivity contribution < 1.29 is 4.92 Å². The third-order valence-electron chi connectivity index (χ3n) is 3.64. The zero-order chi connectivity index (χ0) is 17.7. The van der Waals surface area contributed by atoms with Crippen molar-refractivity contribution in [2.24, 2.45) is 12.0 Å². The van der Waals surface area contributed by atoms with Gasteiger partial charge in [0.25, 0.3) is 5.69 Å². The molecule has 0 atom stereocenters. The summed E-state index contributed by atoms with van der Waals surface area (Å²) in [5.41, 5.74) is 2.10. The van der Waals surface area contributed by atoms with E-state index in [0.717, 1.165) is 17.2 Å². The van der Waals surface area contributed by atoms with Crippen LogP contribution >= 0.6 is 35.6 Å². The van der Waals surface area contributed by atoms with Crippen LogP contribution in [0, 0.1) is 10.1 Å². The molecule has 1 N–H and O–H groups in total. The quantitative estimate of drug-likeness (QED) is 0.235. The highest BCUT2D eigenvalue weighted by atomic mass is 127. The molecule has 0 aliphatic heterocycles. The number of rotatable bonds is 5. The first-order valence-electron chi connectivity index (χ1n) is 7.36. The highest BCUT2D eigenvalue weighted by molar-refractivity contribution is 14.0. The van der Waals surface area contributed by atoms with E-state index in [-0.39, 0.29) is 29.7 Å². The van der Waals surface area contributed by atoms with Crippen LogP contribution in [0.4, 0.5) is 5.69 Å². The maximum atomic E-state index is 10.7. The van der Waals surface area contributed by atoms with Crippen molar-refractivity contribution in [2.45, 2.75) is 13.1 Å². The van der Waals surface area contributed by atoms with Gasteiger partial charge < -0.3 is 14.8 Å². The largest absolute Gasteiger partial charge is 0.352 e. The number of hydrogen-bond acceptors (Lipinski definition) is 3. The Labute approximate surface area is 168 Å². The number of aryl methyl sites for hydroxylation is 1. The SMILES string of the molecule is CN=C(NCc1ccc([N+](=O)[O-])cc1)N(C)Cc1cc(Cl)cn1C.I. The van der Waals surface area contributed by atoms with E-state index in [1.807, 2.05) is 35.8 Å². The molecule has 136 valence electrons. The Morgan fingerprint density at radius 1 is 1.40 bits per heavy atom. The molecule has 0 aliphatic rings. The van der Waals surface area contributed by atoms with Gasteiger partial charge >= 0.3 is 0 Å². The number of aromatic nitrogens is 1. The predicted molar refractivity (Wildman–Crippen MR) is 111 cm³/mol. The third kappa shape index (κ3) is 5.89. The summed E-state index contributed by atoms with van der Waals surface area (Å²) in [4.78, 5) is 16.5. The first-order chi connectivity index (χ1) is 11.4. The van der Waals surface area contributed by atoms with Gasteiger partial charge in [-0.25, -0.2) is 0 Å². The summed E-state index contributed by atoms with van der Waals surface area (Å²) in [5.74, 6) is 0.727. The Hall–Kier alpha value is -1.81. The number of nitrogens with one attached hydrogen (secondary N) is 1. The Balaban J connectivity index is 0.00000312. The van der Waals surface area contributed by atoms with E-state index >= 15 is 0 Å². The van der Waals surface area contributed by atoms with Gasteiger partial charge in [0.15, 0.2) is 5.96 Å². The number of non-ortho nitro benzene ring substituents is 1. The molecule has 0 saturated carbocycles. The number of nitro groups is 1. The molecular weight excluding hydrogens is 457 g/mol. The second-order valence-corrected chi connectivity index (χ2v) is 5.88. The van der Waals surface area contributed by atoms with E-state index in [2.05, 4.69) is 10.3 Å². The lowest BCUT2D eigenvalue weighted by Crippen LogP contribution is -2.38. The van der Waals surface area contributed by atoms with E-state index < -0.39 is 4.92 Å². The van der Waals surface area contributed by atoms with E-state index in [0.29, 0.717) is 18.1 Å². The zero-order valence-electron chi connectivity index (χ0n) is 14.3. The lowest BCUT2D eigenvalue weighted by Gasteiger charge is -2.22. The fourth-order valence-electron chi connectivity index (χ4n) is 2.34. The number of nitrogens with zero attached hydrogens (tertiary/aromatic N) is 4. The van der Waals surface area contributed by atoms with Crippen LogP contribution in [0.3, 0.4) is 0 Å². The van der Waals surface area contributed by atoms with Crippen molar-refractivity contribution in [1.29, 1.82) is 0 Å². The van der Waals surface area contributed by atoms with Gasteiger partial charge in [0.2, 0.25) is 0 Å². The summed E-state index contributed by atoms with van der Waals surface area (Å²) in [7, 11) is 5.60. The monoisotopic (exact) mass is 477 g/mol. The molecule has 0 amide bonds. The molecule has 0 fully saturated rings. The van der Waals surface area contributed by atoms with Gasteiger partial charge in [0.05, 0.1) is 16.5 Å². The molecule has 25 heavy (non-hydrogen) atoms. The Morgan fingerprint density at radius 2 is 2.04 bits per heavy atom. The van der Waals surface area contributed by atoms with Gasteiger partial charge in [-0.05, 0) is 11.6 Å². The van der Waals surface area contributed by atoms with E-state index in [1.165, 1.54) is 12.1 Å². The molecule has 0 bridgehead atoms. The summed E-state index contributed by atoms with van der Waals surface area (Å²) in [6, 6.07) is 8.37. The third-order valence-corrected chi connectivity index (χ3v) is 3.85. The van der Waals surface area contributed by atoms with Crippen LogP contribution in [-0.4, -0.2) is 34.4 Å². The van der Waals surface area contributed by atoms with Crippen molar-refractivity contribution in [3.8, 4) is 0 Å². The minimum atomic E-state index is -0.408. The minimum Gasteiger partial charge on any atom is -0.352 e. The number of benzene rings is 1. The molecule has 7 nitrogen and oxygen atoms in total.